The van der Waals surface area contributed by atoms with Crippen LogP contribution in [0.25, 0.3) is 0 Å². The van der Waals surface area contributed by atoms with Crippen molar-refractivity contribution in [3.63, 3.8) is 0 Å². The van der Waals surface area contributed by atoms with E-state index in [0.29, 0.717) is 6.61 Å². The molecule has 0 unspecified atom stereocenters. The lowest BCUT2D eigenvalue weighted by Gasteiger charge is -2.29. The molecule has 0 aliphatic rings. The van der Waals surface area contributed by atoms with Crippen LogP contribution in [0.5, 0.6) is 5.75 Å². The van der Waals surface area contributed by atoms with Crippen LogP contribution in [0.15, 0.2) is 18.2 Å². The normalized spacial score (nSPS) is 12.6. The van der Waals surface area contributed by atoms with E-state index in [1.807, 2.05) is 0 Å². The fourth-order valence-corrected chi connectivity index (χ4v) is 1.98. The quantitative estimate of drug-likeness (QED) is 0.731. The highest BCUT2D eigenvalue weighted by Gasteiger charge is 2.26. The Balaban J connectivity index is 3.43. The summed E-state index contributed by atoms with van der Waals surface area (Å²) in [6.45, 7) is 17.6. The molecule has 0 saturated heterocycles. The fourth-order valence-electron chi connectivity index (χ4n) is 1.98. The van der Waals surface area contributed by atoms with E-state index in [1.54, 1.807) is 0 Å². The summed E-state index contributed by atoms with van der Waals surface area (Å²) < 4.78 is 5.81. The summed E-state index contributed by atoms with van der Waals surface area (Å²) in [4.78, 5) is 0. The minimum Gasteiger partial charge on any atom is -0.493 e. The second-order valence-electron chi connectivity index (χ2n) is 6.53. The summed E-state index contributed by atoms with van der Waals surface area (Å²) in [6, 6.07) is 6.43. The molecular formula is C16H25O. The zero-order valence-electron chi connectivity index (χ0n) is 12.1. The van der Waals surface area contributed by atoms with Gasteiger partial charge >= 0.3 is 0 Å². The molecule has 0 spiro atoms. The standard InChI is InChI=1S/C16H25O/c1-8-17-14-12(15(2,3)4)10-9-11-13(14)16(5,6)7/h9-11H,1,8H2,2-7H3. The van der Waals surface area contributed by atoms with E-state index in [-0.39, 0.29) is 10.8 Å². The summed E-state index contributed by atoms with van der Waals surface area (Å²) in [5.74, 6) is 1.02. The Morgan fingerprint density at radius 3 is 1.65 bits per heavy atom. The first kappa shape index (κ1) is 14.1. The van der Waals surface area contributed by atoms with Crippen LogP contribution >= 0.6 is 0 Å². The number of rotatable bonds is 2. The van der Waals surface area contributed by atoms with Gasteiger partial charge in [-0.15, -0.1) is 0 Å². The Bertz CT molecular complexity index is 345. The summed E-state index contributed by atoms with van der Waals surface area (Å²) in [5, 5.41) is 0. The average molecular weight is 233 g/mol. The second kappa shape index (κ2) is 4.72. The zero-order chi connectivity index (χ0) is 13.3. The lowest BCUT2D eigenvalue weighted by atomic mass is 9.79. The molecule has 1 heteroatoms. The minimum atomic E-state index is 0.0891. The first-order valence-corrected chi connectivity index (χ1v) is 6.24. The number of ether oxygens (including phenoxy) is 1. The lowest BCUT2D eigenvalue weighted by Crippen LogP contribution is -2.19. The highest BCUT2D eigenvalue weighted by molar-refractivity contribution is 5.48. The largest absolute Gasteiger partial charge is 0.493 e. The van der Waals surface area contributed by atoms with Gasteiger partial charge < -0.3 is 4.74 Å². The molecule has 0 aliphatic heterocycles. The van der Waals surface area contributed by atoms with Crippen LogP contribution in [0.3, 0.4) is 0 Å². The highest BCUT2D eigenvalue weighted by Crippen LogP contribution is 2.39. The summed E-state index contributed by atoms with van der Waals surface area (Å²) in [6.07, 6.45) is 0. The fraction of sp³-hybridized carbons (Fsp3) is 0.562. The maximum absolute atomic E-state index is 5.81. The molecule has 0 heterocycles. The van der Waals surface area contributed by atoms with Crippen LogP contribution in [0.4, 0.5) is 0 Å². The highest BCUT2D eigenvalue weighted by atomic mass is 16.5. The van der Waals surface area contributed by atoms with E-state index in [0.717, 1.165) is 5.75 Å². The number of para-hydroxylation sites is 1. The van der Waals surface area contributed by atoms with Gasteiger partial charge in [0.1, 0.15) is 5.75 Å². The van der Waals surface area contributed by atoms with Gasteiger partial charge in [0.2, 0.25) is 0 Å². The first-order valence-electron chi connectivity index (χ1n) is 6.24. The predicted molar refractivity (Wildman–Crippen MR) is 74.7 cm³/mol. The first-order chi connectivity index (χ1) is 7.68. The summed E-state index contributed by atoms with van der Waals surface area (Å²) >= 11 is 0. The molecule has 0 N–H and O–H groups in total. The molecule has 0 fully saturated rings. The topological polar surface area (TPSA) is 9.23 Å². The Morgan fingerprint density at radius 1 is 0.941 bits per heavy atom. The monoisotopic (exact) mass is 233 g/mol. The van der Waals surface area contributed by atoms with Gasteiger partial charge in [-0.05, 0) is 28.9 Å². The SMILES string of the molecule is [CH2]COc1c(C(C)(C)C)cccc1C(C)(C)C. The van der Waals surface area contributed by atoms with Crippen molar-refractivity contribution in [1.29, 1.82) is 0 Å². The molecule has 1 radical (unpaired) electrons. The van der Waals surface area contributed by atoms with Crippen LogP contribution in [-0.4, -0.2) is 6.61 Å². The van der Waals surface area contributed by atoms with E-state index in [1.165, 1.54) is 11.1 Å². The van der Waals surface area contributed by atoms with Gasteiger partial charge in [-0.2, -0.15) is 0 Å². The summed E-state index contributed by atoms with van der Waals surface area (Å²) in [5.41, 5.74) is 2.69. The minimum absolute atomic E-state index is 0.0891. The third-order valence-corrected chi connectivity index (χ3v) is 2.88. The zero-order valence-corrected chi connectivity index (χ0v) is 12.1. The van der Waals surface area contributed by atoms with E-state index in [2.05, 4.69) is 66.7 Å². The van der Waals surface area contributed by atoms with Gasteiger partial charge in [0, 0.05) is 0 Å². The molecule has 1 nitrogen and oxygen atoms in total. The molecule has 0 aromatic heterocycles. The van der Waals surface area contributed by atoms with Gasteiger partial charge in [0.25, 0.3) is 0 Å². The molecule has 0 aliphatic carbocycles. The molecule has 95 valence electrons. The van der Waals surface area contributed by atoms with Crippen molar-refractivity contribution in [1.82, 2.24) is 0 Å². The maximum atomic E-state index is 5.81. The van der Waals surface area contributed by atoms with Crippen molar-refractivity contribution in [2.24, 2.45) is 0 Å². The van der Waals surface area contributed by atoms with E-state index < -0.39 is 0 Å². The van der Waals surface area contributed by atoms with Crippen molar-refractivity contribution in [3.8, 4) is 5.75 Å². The van der Waals surface area contributed by atoms with Gasteiger partial charge in [0.15, 0.2) is 0 Å². The molecule has 0 atom stereocenters. The number of hydrogen-bond acceptors (Lipinski definition) is 1. The van der Waals surface area contributed by atoms with Crippen LogP contribution in [0.1, 0.15) is 52.7 Å². The predicted octanol–water partition coefficient (Wildman–Crippen LogP) is 4.49. The lowest BCUT2D eigenvalue weighted by molar-refractivity contribution is 0.337. The Morgan fingerprint density at radius 2 is 1.35 bits per heavy atom. The molecule has 1 aromatic carbocycles. The van der Waals surface area contributed by atoms with E-state index in [4.69, 9.17) is 4.74 Å². The van der Waals surface area contributed by atoms with Crippen molar-refractivity contribution in [2.45, 2.75) is 52.4 Å². The van der Waals surface area contributed by atoms with Crippen molar-refractivity contribution >= 4 is 0 Å². The van der Waals surface area contributed by atoms with Gasteiger partial charge in [-0.25, -0.2) is 0 Å². The van der Waals surface area contributed by atoms with Crippen LogP contribution < -0.4 is 4.74 Å². The number of hydrogen-bond donors (Lipinski definition) is 0. The van der Waals surface area contributed by atoms with Crippen LogP contribution in [-0.2, 0) is 10.8 Å². The Labute approximate surface area is 106 Å². The van der Waals surface area contributed by atoms with Gasteiger partial charge in [0.05, 0.1) is 6.61 Å². The Hall–Kier alpha value is -0.980. The molecule has 0 amide bonds. The molecule has 1 aromatic rings. The van der Waals surface area contributed by atoms with Crippen molar-refractivity contribution < 1.29 is 4.74 Å². The van der Waals surface area contributed by atoms with Gasteiger partial charge in [-0.1, -0.05) is 59.7 Å². The average Bonchev–Trinajstić information content (AvgIpc) is 2.15. The van der Waals surface area contributed by atoms with Crippen molar-refractivity contribution in [3.05, 3.63) is 36.2 Å². The second-order valence-corrected chi connectivity index (χ2v) is 6.53. The third kappa shape index (κ3) is 3.24. The van der Waals surface area contributed by atoms with E-state index >= 15 is 0 Å². The third-order valence-electron chi connectivity index (χ3n) is 2.88. The van der Waals surface area contributed by atoms with Crippen molar-refractivity contribution in [2.75, 3.05) is 6.61 Å². The van der Waals surface area contributed by atoms with Gasteiger partial charge in [-0.3, -0.25) is 0 Å². The van der Waals surface area contributed by atoms with E-state index in [9.17, 15) is 0 Å². The smallest absolute Gasteiger partial charge is 0.126 e. The molecular weight excluding hydrogens is 208 g/mol. The van der Waals surface area contributed by atoms with Crippen LogP contribution in [0.2, 0.25) is 0 Å². The maximum Gasteiger partial charge on any atom is 0.126 e. The number of benzene rings is 1. The van der Waals surface area contributed by atoms with Crippen LogP contribution in [0, 0.1) is 6.92 Å². The Kier molecular flexibility index (Phi) is 3.91. The molecule has 0 bridgehead atoms. The molecule has 1 rings (SSSR count). The molecule has 0 saturated carbocycles. The molecule has 17 heavy (non-hydrogen) atoms. The summed E-state index contributed by atoms with van der Waals surface area (Å²) in [7, 11) is 0.